The van der Waals surface area contributed by atoms with Gasteiger partial charge >= 0.3 is 0 Å². The third kappa shape index (κ3) is 1.32. The highest BCUT2D eigenvalue weighted by molar-refractivity contribution is 6.13. The molecular weight excluding hydrogens is 192 g/mol. The first-order valence-corrected chi connectivity index (χ1v) is 4.61. The molecule has 1 aliphatic carbocycles. The summed E-state index contributed by atoms with van der Waals surface area (Å²) in [5.41, 5.74) is 1.87. The zero-order valence-corrected chi connectivity index (χ0v) is 7.83. The van der Waals surface area contributed by atoms with E-state index in [1.165, 1.54) is 0 Å². The molecule has 0 atom stereocenters. The molecule has 6 heteroatoms. The number of hydrogen-bond donors (Lipinski definition) is 5. The van der Waals surface area contributed by atoms with Gasteiger partial charge in [-0.2, -0.15) is 0 Å². The molecule has 0 spiro atoms. The number of H-pyrrole nitrogens is 4. The number of allylic oxidation sites excluding steroid dienone is 5. The minimum Gasteiger partial charge on any atom is -0.336 e. The molecule has 0 saturated heterocycles. The number of aliphatic imine (C=N–C) groups is 1. The lowest BCUT2D eigenvalue weighted by Crippen LogP contribution is -2.15. The van der Waals surface area contributed by atoms with E-state index in [1.807, 2.05) is 30.4 Å². The summed E-state index contributed by atoms with van der Waals surface area (Å²) >= 11 is 0. The zero-order chi connectivity index (χ0) is 10.1. The molecule has 15 heavy (non-hydrogen) atoms. The van der Waals surface area contributed by atoms with Gasteiger partial charge in [-0.05, 0) is 12.2 Å². The van der Waals surface area contributed by atoms with Crippen molar-refractivity contribution in [2.75, 3.05) is 5.32 Å². The Hall–Kier alpha value is -2.37. The van der Waals surface area contributed by atoms with Crippen LogP contribution in [-0.4, -0.2) is 26.3 Å². The van der Waals surface area contributed by atoms with E-state index < -0.39 is 0 Å². The topological polar surface area (TPSA) is 87.5 Å². The lowest BCUT2D eigenvalue weighted by Gasteiger charge is -2.17. The van der Waals surface area contributed by atoms with E-state index in [9.17, 15) is 0 Å². The normalized spacial score (nSPS) is 16.8. The summed E-state index contributed by atoms with van der Waals surface area (Å²) in [6.07, 6.45) is 9.82. The Morgan fingerprint density at radius 3 is 2.93 bits per heavy atom. The van der Waals surface area contributed by atoms with E-state index >= 15 is 0 Å². The number of fused-ring (bicyclic) bond motifs is 2. The molecule has 1 aromatic heterocycles. The van der Waals surface area contributed by atoms with Crippen molar-refractivity contribution in [2.45, 2.75) is 0 Å². The summed E-state index contributed by atoms with van der Waals surface area (Å²) in [6.45, 7) is 0. The molecule has 0 saturated carbocycles. The summed E-state index contributed by atoms with van der Waals surface area (Å²) in [4.78, 5) is 4.45. The van der Waals surface area contributed by atoms with Gasteiger partial charge < -0.3 is 5.32 Å². The second kappa shape index (κ2) is 3.09. The minimum atomic E-state index is 0.729. The summed E-state index contributed by atoms with van der Waals surface area (Å²) in [5.74, 6) is 1.53. The van der Waals surface area contributed by atoms with E-state index in [-0.39, 0.29) is 0 Å². The number of rotatable bonds is 0. The third-order valence-electron chi connectivity index (χ3n) is 2.17. The van der Waals surface area contributed by atoms with Crippen LogP contribution in [0.15, 0.2) is 41.1 Å². The molecule has 3 rings (SSSR count). The summed E-state index contributed by atoms with van der Waals surface area (Å²) in [7, 11) is 0. The van der Waals surface area contributed by atoms with Gasteiger partial charge in [-0.1, -0.05) is 18.2 Å². The van der Waals surface area contributed by atoms with Gasteiger partial charge in [-0.3, -0.25) is 10.2 Å². The van der Waals surface area contributed by atoms with Crippen LogP contribution in [0.2, 0.25) is 0 Å². The first-order chi connectivity index (χ1) is 7.43. The number of nitrogens with zero attached hydrogens (tertiary/aromatic N) is 1. The molecule has 76 valence electrons. The van der Waals surface area contributed by atoms with E-state index in [4.69, 9.17) is 0 Å². The largest absolute Gasteiger partial charge is 0.336 e. The molecule has 5 N–H and O–H groups in total. The Balaban J connectivity index is 2.17. The predicted octanol–water partition coefficient (Wildman–Crippen LogP) is 1.63. The van der Waals surface area contributed by atoms with Crippen LogP contribution < -0.4 is 5.32 Å². The quantitative estimate of drug-likeness (QED) is 0.435. The Labute approximate surface area is 85.1 Å². The number of hydrogen-bond acceptors (Lipinski definition) is 2. The number of anilines is 1. The van der Waals surface area contributed by atoms with Gasteiger partial charge in [0.05, 0.1) is 11.4 Å². The van der Waals surface area contributed by atoms with Crippen molar-refractivity contribution in [3.05, 3.63) is 36.1 Å². The molecule has 2 heterocycles. The van der Waals surface area contributed by atoms with Gasteiger partial charge in [0.25, 0.3) is 0 Å². The summed E-state index contributed by atoms with van der Waals surface area (Å²) in [5, 5.41) is 14.5. The van der Waals surface area contributed by atoms with Crippen molar-refractivity contribution in [3.63, 3.8) is 0 Å². The van der Waals surface area contributed by atoms with Gasteiger partial charge in [-0.15, -0.1) is 0 Å². The highest BCUT2D eigenvalue weighted by atomic mass is 15.5. The molecule has 0 amide bonds. The molecular formula is C9H10N6. The standard InChI is InChI=1S/C9H10N6/c1-2-4-6-7(5-3-1)11-9-8(10-6)12-14-15-13-9/h1-5,10,12-15H. The van der Waals surface area contributed by atoms with Gasteiger partial charge in [-0.25, -0.2) is 15.4 Å². The fourth-order valence-corrected chi connectivity index (χ4v) is 1.48. The average Bonchev–Trinajstić information content (AvgIpc) is 2.50. The van der Waals surface area contributed by atoms with Crippen LogP contribution in [0, 0.1) is 0 Å². The van der Waals surface area contributed by atoms with Crippen molar-refractivity contribution in [3.8, 4) is 0 Å². The van der Waals surface area contributed by atoms with Crippen LogP contribution in [0.25, 0.3) is 0 Å². The van der Waals surface area contributed by atoms with Gasteiger partial charge in [0.1, 0.15) is 0 Å². The third-order valence-corrected chi connectivity index (χ3v) is 2.17. The smallest absolute Gasteiger partial charge is 0.189 e. The lowest BCUT2D eigenvalue weighted by atomic mass is 10.2. The van der Waals surface area contributed by atoms with Crippen LogP contribution in [0.5, 0.6) is 0 Å². The van der Waals surface area contributed by atoms with Gasteiger partial charge in [0, 0.05) is 0 Å². The van der Waals surface area contributed by atoms with E-state index in [0.29, 0.717) is 0 Å². The van der Waals surface area contributed by atoms with Gasteiger partial charge in [0.2, 0.25) is 0 Å². The van der Waals surface area contributed by atoms with Crippen LogP contribution in [0.4, 0.5) is 11.6 Å². The minimum absolute atomic E-state index is 0.729. The van der Waals surface area contributed by atoms with E-state index in [1.54, 1.807) is 0 Å². The van der Waals surface area contributed by atoms with Crippen LogP contribution in [0.1, 0.15) is 0 Å². The second-order valence-corrected chi connectivity index (χ2v) is 3.17. The molecule has 1 aromatic rings. The van der Waals surface area contributed by atoms with Crippen LogP contribution >= 0.6 is 0 Å². The molecule has 0 fully saturated rings. The first kappa shape index (κ1) is 7.98. The number of nitrogens with one attached hydrogen (secondary N) is 5. The highest BCUT2D eigenvalue weighted by Gasteiger charge is 2.15. The highest BCUT2D eigenvalue weighted by Crippen LogP contribution is 2.25. The SMILES string of the molecule is C1=CC=C2Nc3[nH][nH][nH][nH]c3N=C2C=C1. The Morgan fingerprint density at radius 1 is 1.00 bits per heavy atom. The van der Waals surface area contributed by atoms with Crippen molar-refractivity contribution < 1.29 is 0 Å². The Kier molecular flexibility index (Phi) is 1.64. The van der Waals surface area contributed by atoms with E-state index in [0.717, 1.165) is 23.0 Å². The predicted molar refractivity (Wildman–Crippen MR) is 58.6 cm³/mol. The fraction of sp³-hybridized carbons (Fsp3) is 0. The van der Waals surface area contributed by atoms with Crippen molar-refractivity contribution in [1.82, 2.24) is 20.6 Å². The van der Waals surface area contributed by atoms with Crippen molar-refractivity contribution in [1.29, 1.82) is 0 Å². The molecule has 0 radical (unpaired) electrons. The average molecular weight is 202 g/mol. The van der Waals surface area contributed by atoms with Gasteiger partial charge in [0.15, 0.2) is 11.6 Å². The first-order valence-electron chi connectivity index (χ1n) is 4.61. The maximum absolute atomic E-state index is 4.45. The fourth-order valence-electron chi connectivity index (χ4n) is 1.48. The monoisotopic (exact) mass is 202 g/mol. The molecule has 0 aromatic carbocycles. The van der Waals surface area contributed by atoms with Crippen molar-refractivity contribution >= 4 is 17.3 Å². The molecule has 0 unspecified atom stereocenters. The molecule has 6 nitrogen and oxygen atoms in total. The zero-order valence-electron chi connectivity index (χ0n) is 7.83. The van der Waals surface area contributed by atoms with Crippen LogP contribution in [-0.2, 0) is 0 Å². The number of aromatic nitrogens is 4. The summed E-state index contributed by atoms with van der Waals surface area (Å²) in [6, 6.07) is 0. The number of aromatic amines is 4. The van der Waals surface area contributed by atoms with Crippen LogP contribution in [0.3, 0.4) is 0 Å². The lowest BCUT2D eigenvalue weighted by molar-refractivity contribution is 0.766. The van der Waals surface area contributed by atoms with E-state index in [2.05, 4.69) is 30.9 Å². The maximum atomic E-state index is 4.45. The molecule has 0 bridgehead atoms. The molecule has 1 aliphatic heterocycles. The second-order valence-electron chi connectivity index (χ2n) is 3.17. The summed E-state index contributed by atoms with van der Waals surface area (Å²) < 4.78 is 0. The Morgan fingerprint density at radius 2 is 1.93 bits per heavy atom. The van der Waals surface area contributed by atoms with Crippen molar-refractivity contribution in [2.24, 2.45) is 4.99 Å². The molecule has 2 aliphatic rings. The maximum Gasteiger partial charge on any atom is 0.189 e. The Bertz CT molecular complexity index is 525.